The third-order valence-electron chi connectivity index (χ3n) is 3.79. The number of amides is 1. The average Bonchev–Trinajstić information content (AvgIpc) is 2.67. The number of hydrogen-bond donors (Lipinski definition) is 2. The van der Waals surface area contributed by atoms with Gasteiger partial charge in [0, 0.05) is 17.2 Å². The highest BCUT2D eigenvalue weighted by atomic mass is 16.1. The minimum atomic E-state index is -0.403. The van der Waals surface area contributed by atoms with Gasteiger partial charge in [-0.3, -0.25) is 4.79 Å². The smallest absolute Gasteiger partial charge is 0.274 e. The molecule has 0 saturated carbocycles. The zero-order valence-electron chi connectivity index (χ0n) is 16.0. The highest BCUT2D eigenvalue weighted by Crippen LogP contribution is 2.21. The second-order valence-electron chi connectivity index (χ2n) is 7.31. The minimum absolute atomic E-state index is 0.216. The maximum Gasteiger partial charge on any atom is 0.274 e. The second kappa shape index (κ2) is 7.89. The van der Waals surface area contributed by atoms with Gasteiger partial charge in [0.05, 0.1) is 11.3 Å². The predicted molar refractivity (Wildman–Crippen MR) is 110 cm³/mol. The Kier molecular flexibility index (Phi) is 5.37. The van der Waals surface area contributed by atoms with E-state index in [1.54, 1.807) is 30.3 Å². The van der Waals surface area contributed by atoms with Crippen LogP contribution in [0.3, 0.4) is 0 Å². The van der Waals surface area contributed by atoms with Gasteiger partial charge in [-0.05, 0) is 32.9 Å². The molecule has 0 atom stereocenters. The number of benzene rings is 2. The number of nitriles is 1. The molecule has 0 fully saturated rings. The number of nitrogens with one attached hydrogen (secondary N) is 2. The molecular weight excluding hydrogens is 350 g/mol. The molecule has 1 aromatic heterocycles. The van der Waals surface area contributed by atoms with Crippen molar-refractivity contribution < 1.29 is 4.79 Å². The van der Waals surface area contributed by atoms with E-state index in [0.717, 1.165) is 5.56 Å². The minimum Gasteiger partial charge on any atom is -0.365 e. The van der Waals surface area contributed by atoms with Crippen molar-refractivity contribution in [3.05, 3.63) is 71.9 Å². The van der Waals surface area contributed by atoms with Crippen LogP contribution in [0.25, 0.3) is 11.4 Å². The van der Waals surface area contributed by atoms with Gasteiger partial charge in [0.25, 0.3) is 5.91 Å². The molecule has 0 aliphatic carbocycles. The monoisotopic (exact) mass is 371 g/mol. The van der Waals surface area contributed by atoms with Gasteiger partial charge in [0.15, 0.2) is 5.82 Å². The van der Waals surface area contributed by atoms with E-state index < -0.39 is 5.91 Å². The molecule has 1 heterocycles. The molecule has 28 heavy (non-hydrogen) atoms. The number of anilines is 2. The average molecular weight is 371 g/mol. The first-order valence-electron chi connectivity index (χ1n) is 8.89. The lowest BCUT2D eigenvalue weighted by atomic mass is 10.1. The zero-order chi connectivity index (χ0) is 20.1. The largest absolute Gasteiger partial charge is 0.365 e. The summed E-state index contributed by atoms with van der Waals surface area (Å²) in [6.07, 6.45) is 0. The van der Waals surface area contributed by atoms with Gasteiger partial charge in [0.2, 0.25) is 0 Å². The Labute approximate surface area is 164 Å². The second-order valence-corrected chi connectivity index (χ2v) is 7.31. The third kappa shape index (κ3) is 4.71. The molecule has 0 aliphatic rings. The van der Waals surface area contributed by atoms with E-state index in [1.165, 1.54) is 0 Å². The summed E-state index contributed by atoms with van der Waals surface area (Å²) in [5.74, 6) is 0.605. The standard InChI is InChI=1S/C22H21N5O/c1-22(2,3)27-19-13-18(24-20(26-19)15-9-5-4-6-10-15)21(28)25-17-12-8-7-11-16(17)14-23/h4-13H,1-3H3,(H,25,28)(H,24,26,27). The van der Waals surface area contributed by atoms with Gasteiger partial charge in [-0.25, -0.2) is 9.97 Å². The number of para-hydroxylation sites is 1. The summed E-state index contributed by atoms with van der Waals surface area (Å²) in [5, 5.41) is 15.3. The molecule has 0 spiro atoms. The van der Waals surface area contributed by atoms with Crippen LogP contribution in [-0.4, -0.2) is 21.4 Å². The first-order valence-corrected chi connectivity index (χ1v) is 8.89. The van der Waals surface area contributed by atoms with E-state index in [-0.39, 0.29) is 11.2 Å². The molecule has 3 rings (SSSR count). The van der Waals surface area contributed by atoms with E-state index in [4.69, 9.17) is 0 Å². The maximum absolute atomic E-state index is 12.8. The molecule has 0 unspecified atom stereocenters. The highest BCUT2D eigenvalue weighted by Gasteiger charge is 2.17. The van der Waals surface area contributed by atoms with Gasteiger partial charge in [-0.1, -0.05) is 42.5 Å². The van der Waals surface area contributed by atoms with Crippen LogP contribution in [0.15, 0.2) is 60.7 Å². The van der Waals surface area contributed by atoms with E-state index in [2.05, 4.69) is 26.7 Å². The fraction of sp³-hybridized carbons (Fsp3) is 0.182. The Hall–Kier alpha value is -3.72. The van der Waals surface area contributed by atoms with E-state index in [1.807, 2.05) is 51.1 Å². The SMILES string of the molecule is CC(C)(C)Nc1cc(C(=O)Nc2ccccc2C#N)nc(-c2ccccc2)n1. The molecule has 140 valence electrons. The lowest BCUT2D eigenvalue weighted by molar-refractivity contribution is 0.102. The van der Waals surface area contributed by atoms with Crippen molar-refractivity contribution in [2.24, 2.45) is 0 Å². The van der Waals surface area contributed by atoms with Crippen molar-refractivity contribution in [1.29, 1.82) is 5.26 Å². The Morgan fingerprint density at radius 1 is 1.00 bits per heavy atom. The molecule has 0 radical (unpaired) electrons. The van der Waals surface area contributed by atoms with Gasteiger partial charge >= 0.3 is 0 Å². The van der Waals surface area contributed by atoms with E-state index in [0.29, 0.717) is 22.9 Å². The highest BCUT2D eigenvalue weighted by molar-refractivity contribution is 6.04. The summed E-state index contributed by atoms with van der Waals surface area (Å²) in [7, 11) is 0. The molecule has 0 aliphatic heterocycles. The van der Waals surface area contributed by atoms with E-state index >= 15 is 0 Å². The molecule has 0 saturated heterocycles. The quantitative estimate of drug-likeness (QED) is 0.706. The summed E-state index contributed by atoms with van der Waals surface area (Å²) < 4.78 is 0. The molecule has 3 aromatic rings. The molecule has 0 bridgehead atoms. The summed E-state index contributed by atoms with van der Waals surface area (Å²) >= 11 is 0. The first kappa shape index (κ1) is 19.1. The van der Waals surface area contributed by atoms with Crippen molar-refractivity contribution in [1.82, 2.24) is 9.97 Å². The third-order valence-corrected chi connectivity index (χ3v) is 3.79. The van der Waals surface area contributed by atoms with Crippen LogP contribution in [-0.2, 0) is 0 Å². The summed E-state index contributed by atoms with van der Waals surface area (Å²) in [6, 6.07) is 20.0. The van der Waals surface area contributed by atoms with Crippen molar-refractivity contribution in [3.63, 3.8) is 0 Å². The molecule has 2 N–H and O–H groups in total. The Morgan fingerprint density at radius 2 is 1.68 bits per heavy atom. The number of carbonyl (C=O) groups excluding carboxylic acids is 1. The Bertz CT molecular complexity index is 1030. The topological polar surface area (TPSA) is 90.7 Å². The Balaban J connectivity index is 2.00. The number of rotatable bonds is 4. The zero-order valence-corrected chi connectivity index (χ0v) is 16.0. The van der Waals surface area contributed by atoms with Crippen molar-refractivity contribution in [3.8, 4) is 17.5 Å². The molecule has 6 nitrogen and oxygen atoms in total. The molecular formula is C22H21N5O. The summed E-state index contributed by atoms with van der Waals surface area (Å²) in [5.41, 5.74) is 1.63. The number of aromatic nitrogens is 2. The van der Waals surface area contributed by atoms with Gasteiger partial charge in [-0.2, -0.15) is 5.26 Å². The van der Waals surface area contributed by atoms with Crippen molar-refractivity contribution in [2.75, 3.05) is 10.6 Å². The van der Waals surface area contributed by atoms with Crippen molar-refractivity contribution >= 4 is 17.4 Å². The number of hydrogen-bond acceptors (Lipinski definition) is 5. The summed E-state index contributed by atoms with van der Waals surface area (Å²) in [4.78, 5) is 21.8. The Morgan fingerprint density at radius 3 is 2.36 bits per heavy atom. The van der Waals surface area contributed by atoms with Crippen LogP contribution in [0.5, 0.6) is 0 Å². The predicted octanol–water partition coefficient (Wildman–Crippen LogP) is 4.48. The number of carbonyl (C=O) groups is 1. The number of nitrogens with zero attached hydrogens (tertiary/aromatic N) is 3. The van der Waals surface area contributed by atoms with Crippen LogP contribution >= 0.6 is 0 Å². The van der Waals surface area contributed by atoms with Crippen LogP contribution in [0, 0.1) is 11.3 Å². The summed E-state index contributed by atoms with van der Waals surface area (Å²) in [6.45, 7) is 6.04. The van der Waals surface area contributed by atoms with Crippen LogP contribution in [0.1, 0.15) is 36.8 Å². The van der Waals surface area contributed by atoms with Crippen LogP contribution in [0.2, 0.25) is 0 Å². The lowest BCUT2D eigenvalue weighted by Crippen LogP contribution is -2.27. The van der Waals surface area contributed by atoms with Gasteiger partial charge < -0.3 is 10.6 Å². The van der Waals surface area contributed by atoms with Gasteiger partial charge in [-0.15, -0.1) is 0 Å². The first-order chi connectivity index (χ1) is 13.4. The van der Waals surface area contributed by atoms with Crippen LogP contribution in [0.4, 0.5) is 11.5 Å². The fourth-order valence-electron chi connectivity index (χ4n) is 2.60. The van der Waals surface area contributed by atoms with E-state index in [9.17, 15) is 10.1 Å². The maximum atomic E-state index is 12.8. The lowest BCUT2D eigenvalue weighted by Gasteiger charge is -2.22. The molecule has 2 aromatic carbocycles. The van der Waals surface area contributed by atoms with Crippen LogP contribution < -0.4 is 10.6 Å². The normalized spacial score (nSPS) is 10.8. The van der Waals surface area contributed by atoms with Crippen molar-refractivity contribution in [2.45, 2.75) is 26.3 Å². The fourth-order valence-corrected chi connectivity index (χ4v) is 2.60. The van der Waals surface area contributed by atoms with Gasteiger partial charge in [0.1, 0.15) is 17.6 Å². The molecule has 1 amide bonds. The molecule has 6 heteroatoms.